The first-order valence-electron chi connectivity index (χ1n) is 6.90. The van der Waals surface area contributed by atoms with Crippen molar-refractivity contribution in [3.63, 3.8) is 0 Å². The minimum absolute atomic E-state index is 0.430. The van der Waals surface area contributed by atoms with Gasteiger partial charge in [0.25, 0.3) is 0 Å². The normalized spacial score (nSPS) is 21.2. The summed E-state index contributed by atoms with van der Waals surface area (Å²) in [6.45, 7) is 1.18. The second-order valence-corrected chi connectivity index (χ2v) is 5.91. The third-order valence-corrected chi connectivity index (χ3v) is 4.59. The fourth-order valence-electron chi connectivity index (χ4n) is 2.72. The fraction of sp³-hybridized carbons (Fsp3) is 0.286. The fourth-order valence-corrected chi connectivity index (χ4v) is 3.47. The number of quaternary nitrogens is 1. The Hall–Kier alpha value is -1.79. The molecule has 5 nitrogen and oxygen atoms in total. The molecule has 0 aliphatic carbocycles. The van der Waals surface area contributed by atoms with Gasteiger partial charge in [-0.15, -0.1) is 10.2 Å². The van der Waals surface area contributed by atoms with E-state index in [1.807, 2.05) is 10.7 Å². The average Bonchev–Trinajstić information content (AvgIpc) is 3.16. The summed E-state index contributed by atoms with van der Waals surface area (Å²) in [5, 5.41) is 14.0. The van der Waals surface area contributed by atoms with E-state index in [-0.39, 0.29) is 0 Å². The lowest BCUT2D eigenvalue weighted by molar-refractivity contribution is -0.677. The summed E-state index contributed by atoms with van der Waals surface area (Å²) >= 11 is 1.62. The second kappa shape index (κ2) is 4.96. The maximum Gasteiger partial charge on any atom is 0.214 e. The molecule has 0 unspecified atom stereocenters. The monoisotopic (exact) mass is 286 g/mol. The van der Waals surface area contributed by atoms with E-state index in [2.05, 4.69) is 50.6 Å². The van der Waals surface area contributed by atoms with Crippen molar-refractivity contribution >= 4 is 17.5 Å². The van der Waals surface area contributed by atoms with Crippen LogP contribution in [-0.4, -0.2) is 21.4 Å². The van der Waals surface area contributed by atoms with E-state index in [0.717, 1.165) is 16.7 Å². The Morgan fingerprint density at radius 1 is 1.25 bits per heavy atom. The topological polar surface area (TPSA) is 59.4 Å². The summed E-state index contributed by atoms with van der Waals surface area (Å²) in [6.07, 6.45) is 2.43. The lowest BCUT2D eigenvalue weighted by atomic mass is 10.2. The largest absolute Gasteiger partial charge is 0.337 e. The molecule has 1 atom stereocenters. The predicted octanol–water partition coefficient (Wildman–Crippen LogP) is 1.32. The molecule has 1 fully saturated rings. The Morgan fingerprint density at radius 3 is 2.95 bits per heavy atom. The number of fused-ring (bicyclic) bond motifs is 1. The van der Waals surface area contributed by atoms with E-state index >= 15 is 0 Å². The van der Waals surface area contributed by atoms with Crippen molar-refractivity contribution < 1.29 is 5.32 Å². The first kappa shape index (κ1) is 12.0. The van der Waals surface area contributed by atoms with Crippen LogP contribution in [0.15, 0.2) is 40.9 Å². The van der Waals surface area contributed by atoms with Crippen LogP contribution < -0.4 is 10.7 Å². The van der Waals surface area contributed by atoms with Gasteiger partial charge >= 0.3 is 0 Å². The zero-order valence-corrected chi connectivity index (χ0v) is 11.8. The predicted molar refractivity (Wildman–Crippen MR) is 78.4 cm³/mol. The van der Waals surface area contributed by atoms with Gasteiger partial charge in [-0.1, -0.05) is 42.1 Å². The number of nitrogens with zero attached hydrogens (tertiary/aromatic N) is 3. The molecule has 1 aromatic heterocycles. The SMILES string of the molecule is C1=C(c2ccccc2)Nn2c(nnc2[C@H]2CCC[NH2+]2)S1. The van der Waals surface area contributed by atoms with Crippen LogP contribution in [0.2, 0.25) is 0 Å². The second-order valence-electron chi connectivity index (χ2n) is 5.08. The van der Waals surface area contributed by atoms with Gasteiger partial charge in [-0.3, -0.25) is 5.43 Å². The van der Waals surface area contributed by atoms with E-state index in [1.165, 1.54) is 24.9 Å². The standard InChI is InChI=1S/C14H15N5S/c1-2-5-10(6-3-1)12-9-20-14-17-16-13(19(14)18-12)11-7-4-8-15-11/h1-3,5-6,9,11,15,18H,4,7-8H2/p+1/t11-/m1/s1. The maximum atomic E-state index is 4.37. The van der Waals surface area contributed by atoms with Crippen LogP contribution in [0.3, 0.4) is 0 Å². The van der Waals surface area contributed by atoms with Gasteiger partial charge in [0.2, 0.25) is 11.0 Å². The minimum Gasteiger partial charge on any atom is -0.337 e. The molecule has 6 heteroatoms. The molecule has 2 aromatic rings. The molecule has 3 N–H and O–H groups in total. The zero-order chi connectivity index (χ0) is 13.4. The number of rotatable bonds is 2. The number of aromatic nitrogens is 3. The molecule has 102 valence electrons. The molecule has 0 spiro atoms. The van der Waals surface area contributed by atoms with Crippen LogP contribution in [0.4, 0.5) is 0 Å². The Bertz CT molecular complexity index is 643. The van der Waals surface area contributed by atoms with Crippen LogP contribution >= 0.6 is 11.8 Å². The number of thioether (sulfide) groups is 1. The van der Waals surface area contributed by atoms with Crippen LogP contribution in [0.5, 0.6) is 0 Å². The van der Waals surface area contributed by atoms with Crippen LogP contribution in [0.1, 0.15) is 30.3 Å². The Kier molecular flexibility index (Phi) is 2.97. The molecule has 3 heterocycles. The van der Waals surface area contributed by atoms with Crippen molar-refractivity contribution in [2.75, 3.05) is 12.0 Å². The molecule has 0 saturated carbocycles. The number of hydrogen-bond acceptors (Lipinski definition) is 4. The van der Waals surface area contributed by atoms with Gasteiger partial charge in [0.15, 0.2) is 0 Å². The van der Waals surface area contributed by atoms with Gasteiger partial charge in [0, 0.05) is 18.2 Å². The summed E-state index contributed by atoms with van der Waals surface area (Å²) in [5.74, 6) is 1.03. The summed E-state index contributed by atoms with van der Waals surface area (Å²) in [4.78, 5) is 0. The highest BCUT2D eigenvalue weighted by atomic mass is 32.2. The van der Waals surface area contributed by atoms with E-state index < -0.39 is 0 Å². The van der Waals surface area contributed by atoms with Gasteiger partial charge in [-0.2, -0.15) is 0 Å². The maximum absolute atomic E-state index is 4.37. The number of nitrogens with one attached hydrogen (secondary N) is 1. The Balaban J connectivity index is 1.66. The highest BCUT2D eigenvalue weighted by Crippen LogP contribution is 2.30. The van der Waals surface area contributed by atoms with Crippen molar-refractivity contribution in [3.05, 3.63) is 47.1 Å². The van der Waals surface area contributed by atoms with Gasteiger partial charge in [0.05, 0.1) is 12.2 Å². The van der Waals surface area contributed by atoms with Gasteiger partial charge in [-0.25, -0.2) is 4.68 Å². The number of nitrogens with two attached hydrogens (primary N) is 1. The van der Waals surface area contributed by atoms with E-state index in [9.17, 15) is 0 Å². The van der Waals surface area contributed by atoms with Crippen LogP contribution in [-0.2, 0) is 0 Å². The molecule has 2 aliphatic heterocycles. The molecule has 0 amide bonds. The Morgan fingerprint density at radius 2 is 2.15 bits per heavy atom. The van der Waals surface area contributed by atoms with Crippen molar-refractivity contribution in [2.24, 2.45) is 0 Å². The highest BCUT2D eigenvalue weighted by Gasteiger charge is 2.29. The van der Waals surface area contributed by atoms with Crippen molar-refractivity contribution in [1.29, 1.82) is 0 Å². The summed E-state index contributed by atoms with van der Waals surface area (Å²) < 4.78 is 2.04. The molecule has 4 rings (SSSR count). The lowest BCUT2D eigenvalue weighted by Crippen LogP contribution is -2.82. The van der Waals surface area contributed by atoms with Crippen molar-refractivity contribution in [3.8, 4) is 0 Å². The quantitative estimate of drug-likeness (QED) is 0.874. The molecule has 0 radical (unpaired) electrons. The lowest BCUT2D eigenvalue weighted by Gasteiger charge is -2.19. The summed E-state index contributed by atoms with van der Waals surface area (Å²) in [6, 6.07) is 10.8. The molecule has 2 aliphatic rings. The molecule has 0 bridgehead atoms. The van der Waals surface area contributed by atoms with Crippen LogP contribution in [0.25, 0.3) is 5.70 Å². The molecular formula is C14H16N5S+. The highest BCUT2D eigenvalue weighted by molar-refractivity contribution is 8.02. The summed E-state index contributed by atoms with van der Waals surface area (Å²) in [7, 11) is 0. The van der Waals surface area contributed by atoms with Gasteiger partial charge in [-0.05, 0) is 5.56 Å². The van der Waals surface area contributed by atoms with E-state index in [4.69, 9.17) is 0 Å². The van der Waals surface area contributed by atoms with E-state index in [1.54, 1.807) is 11.8 Å². The Labute approximate surface area is 121 Å². The van der Waals surface area contributed by atoms with Crippen molar-refractivity contribution in [2.45, 2.75) is 24.0 Å². The number of hydrogen-bond donors (Lipinski definition) is 2. The number of benzene rings is 1. The van der Waals surface area contributed by atoms with Crippen LogP contribution in [0, 0.1) is 0 Å². The van der Waals surface area contributed by atoms with Crippen molar-refractivity contribution in [1.82, 2.24) is 14.9 Å². The average molecular weight is 286 g/mol. The molecule has 1 saturated heterocycles. The zero-order valence-electron chi connectivity index (χ0n) is 11.0. The molecular weight excluding hydrogens is 270 g/mol. The smallest absolute Gasteiger partial charge is 0.214 e. The first-order valence-corrected chi connectivity index (χ1v) is 7.78. The molecule has 1 aromatic carbocycles. The van der Waals surface area contributed by atoms with Gasteiger partial charge < -0.3 is 5.32 Å². The summed E-state index contributed by atoms with van der Waals surface area (Å²) in [5.41, 5.74) is 5.73. The van der Waals surface area contributed by atoms with Gasteiger partial charge in [0.1, 0.15) is 6.04 Å². The first-order chi connectivity index (χ1) is 9.92. The third-order valence-electron chi connectivity index (χ3n) is 3.76. The molecule has 20 heavy (non-hydrogen) atoms. The van der Waals surface area contributed by atoms with E-state index in [0.29, 0.717) is 6.04 Å². The third kappa shape index (κ3) is 2.01. The minimum atomic E-state index is 0.430.